The molecule has 0 radical (unpaired) electrons. The molecule has 1 fully saturated rings. The van der Waals surface area contributed by atoms with Gasteiger partial charge in [-0.15, -0.1) is 0 Å². The van der Waals surface area contributed by atoms with Gasteiger partial charge < -0.3 is 15.0 Å². The van der Waals surface area contributed by atoms with E-state index in [4.69, 9.17) is 8.92 Å². The van der Waals surface area contributed by atoms with Crippen LogP contribution < -0.4 is 15.0 Å². The van der Waals surface area contributed by atoms with Gasteiger partial charge in [-0.3, -0.25) is 13.7 Å². The largest absolute Gasteiger partial charge is 0.497 e. The minimum atomic E-state index is -3.44. The number of nitrogens with zero attached hydrogens (tertiary/aromatic N) is 3. The molecule has 1 aliphatic heterocycles. The van der Waals surface area contributed by atoms with Crippen molar-refractivity contribution >= 4 is 21.7 Å². The molecule has 2 aromatic carbocycles. The van der Waals surface area contributed by atoms with Crippen molar-refractivity contribution in [2.75, 3.05) is 38.0 Å². The first kappa shape index (κ1) is 25.7. The summed E-state index contributed by atoms with van der Waals surface area (Å²) < 4.78 is 34.6. The molecule has 9 nitrogen and oxygen atoms in total. The summed E-state index contributed by atoms with van der Waals surface area (Å²) in [5.74, 6) is 0.684. The second kappa shape index (κ2) is 10.3. The first-order valence-electron chi connectivity index (χ1n) is 11.7. The van der Waals surface area contributed by atoms with Crippen LogP contribution >= 0.6 is 0 Å². The summed E-state index contributed by atoms with van der Waals surface area (Å²) in [6.45, 7) is 5.39. The van der Waals surface area contributed by atoms with Crippen molar-refractivity contribution < 1.29 is 22.1 Å². The van der Waals surface area contributed by atoms with Gasteiger partial charge >= 0.3 is 0 Å². The van der Waals surface area contributed by atoms with Crippen LogP contribution in [0.2, 0.25) is 0 Å². The second-order valence-electron chi connectivity index (χ2n) is 9.35. The van der Waals surface area contributed by atoms with Crippen molar-refractivity contribution in [3.05, 3.63) is 65.5 Å². The predicted octanol–water partition coefficient (Wildman–Crippen LogP) is 3.31. The number of benzene rings is 2. The van der Waals surface area contributed by atoms with Crippen LogP contribution in [0.25, 0.3) is 11.1 Å². The third-order valence-electron chi connectivity index (χ3n) is 6.36. The first-order chi connectivity index (χ1) is 17.0. The number of hydrogen-bond donors (Lipinski definition) is 1. The van der Waals surface area contributed by atoms with Gasteiger partial charge in [0.25, 0.3) is 16.0 Å². The van der Waals surface area contributed by atoms with Crippen LogP contribution in [0.5, 0.6) is 5.75 Å². The average molecular weight is 513 g/mol. The number of carbonyl (C=O) groups excluding carboxylic acids is 1. The van der Waals surface area contributed by atoms with Crippen molar-refractivity contribution in [3.63, 3.8) is 0 Å². The zero-order valence-electron chi connectivity index (χ0n) is 21.2. The number of nitrogens with one attached hydrogen (secondary N) is 1. The Morgan fingerprint density at radius 1 is 1.19 bits per heavy atom. The van der Waals surface area contributed by atoms with Crippen molar-refractivity contribution in [1.29, 1.82) is 0 Å². The van der Waals surface area contributed by atoms with E-state index in [1.165, 1.54) is 0 Å². The Balaban J connectivity index is 1.46. The lowest BCUT2D eigenvalue weighted by Gasteiger charge is -2.40. The third-order valence-corrected chi connectivity index (χ3v) is 6.92. The Morgan fingerprint density at radius 3 is 2.58 bits per heavy atom. The minimum absolute atomic E-state index is 0.139. The van der Waals surface area contributed by atoms with Gasteiger partial charge in [0.15, 0.2) is 0 Å². The summed E-state index contributed by atoms with van der Waals surface area (Å²) in [4.78, 5) is 15.4. The van der Waals surface area contributed by atoms with Gasteiger partial charge in [-0.05, 0) is 60.9 Å². The van der Waals surface area contributed by atoms with E-state index in [1.807, 2.05) is 63.5 Å². The Morgan fingerprint density at radius 2 is 1.94 bits per heavy atom. The van der Waals surface area contributed by atoms with Crippen LogP contribution in [-0.2, 0) is 21.3 Å². The lowest BCUT2D eigenvalue weighted by molar-refractivity contribution is 0.0939. The molecular formula is C26H32N4O5S. The fraction of sp³-hybridized carbons (Fsp3) is 0.385. The highest BCUT2D eigenvalue weighted by atomic mass is 32.2. The number of anilines is 1. The van der Waals surface area contributed by atoms with E-state index in [-0.39, 0.29) is 24.5 Å². The number of carbonyl (C=O) groups is 1. The summed E-state index contributed by atoms with van der Waals surface area (Å²) in [6.07, 6.45) is 4.79. The second-order valence-corrected chi connectivity index (χ2v) is 11.0. The summed E-state index contributed by atoms with van der Waals surface area (Å²) >= 11 is 0. The van der Waals surface area contributed by atoms with Crippen molar-refractivity contribution in [2.24, 2.45) is 13.0 Å². The molecule has 192 valence electrons. The summed E-state index contributed by atoms with van der Waals surface area (Å²) in [6, 6.07) is 11.4. The van der Waals surface area contributed by atoms with E-state index in [9.17, 15) is 13.2 Å². The molecule has 0 unspecified atom stereocenters. The number of amides is 1. The van der Waals surface area contributed by atoms with Crippen molar-refractivity contribution in [3.8, 4) is 16.9 Å². The fourth-order valence-corrected chi connectivity index (χ4v) is 4.68. The number of aromatic nitrogens is 2. The molecule has 2 heterocycles. The quantitative estimate of drug-likeness (QED) is 0.439. The molecule has 1 saturated heterocycles. The highest BCUT2D eigenvalue weighted by Gasteiger charge is 2.29. The Labute approximate surface area is 212 Å². The molecule has 1 amide bonds. The molecule has 10 heteroatoms. The van der Waals surface area contributed by atoms with E-state index in [2.05, 4.69) is 15.3 Å². The molecule has 0 aliphatic carbocycles. The molecule has 1 N–H and O–H groups in total. The SMILES string of the molecule is COc1cc(-c2cnn(C)c2)cc([C@@H](C)NC(=O)c2cc(N3CC(COS(C)(=O)=O)C3)ccc2C)c1. The van der Waals surface area contributed by atoms with Crippen LogP contribution in [0.4, 0.5) is 5.69 Å². The molecular weight excluding hydrogens is 480 g/mol. The number of rotatable bonds is 9. The minimum Gasteiger partial charge on any atom is -0.497 e. The van der Waals surface area contributed by atoms with E-state index in [0.29, 0.717) is 24.4 Å². The molecule has 0 spiro atoms. The molecule has 1 atom stereocenters. The third kappa shape index (κ3) is 6.06. The van der Waals surface area contributed by atoms with Gasteiger partial charge in [-0.25, -0.2) is 0 Å². The van der Waals surface area contributed by atoms with Gasteiger partial charge in [0.1, 0.15) is 5.75 Å². The van der Waals surface area contributed by atoms with Crippen LogP contribution in [0.3, 0.4) is 0 Å². The maximum absolute atomic E-state index is 13.3. The van der Waals surface area contributed by atoms with Crippen LogP contribution in [-0.4, -0.2) is 57.2 Å². The average Bonchev–Trinajstić information content (AvgIpc) is 3.24. The molecule has 0 saturated carbocycles. The number of ether oxygens (including phenoxy) is 1. The van der Waals surface area contributed by atoms with E-state index >= 15 is 0 Å². The van der Waals surface area contributed by atoms with Crippen molar-refractivity contribution in [1.82, 2.24) is 15.1 Å². The molecule has 4 rings (SSSR count). The molecule has 1 aromatic heterocycles. The molecule has 36 heavy (non-hydrogen) atoms. The molecule has 3 aromatic rings. The van der Waals surface area contributed by atoms with E-state index in [1.54, 1.807) is 18.0 Å². The van der Waals surface area contributed by atoms with E-state index in [0.717, 1.165) is 34.2 Å². The number of hydrogen-bond acceptors (Lipinski definition) is 7. The van der Waals surface area contributed by atoms with Crippen molar-refractivity contribution in [2.45, 2.75) is 19.9 Å². The highest BCUT2D eigenvalue weighted by molar-refractivity contribution is 7.85. The summed E-state index contributed by atoms with van der Waals surface area (Å²) in [5.41, 5.74) is 5.26. The van der Waals surface area contributed by atoms with Gasteiger partial charge in [-0.2, -0.15) is 13.5 Å². The summed E-state index contributed by atoms with van der Waals surface area (Å²) in [7, 11) is 0.0504. The topological polar surface area (TPSA) is 103 Å². The number of aryl methyl sites for hydroxylation is 2. The van der Waals surface area contributed by atoms with E-state index < -0.39 is 10.1 Å². The lowest BCUT2D eigenvalue weighted by atomic mass is 9.98. The van der Waals surface area contributed by atoms with Crippen LogP contribution in [0.15, 0.2) is 48.8 Å². The van der Waals surface area contributed by atoms with Crippen LogP contribution in [0, 0.1) is 12.8 Å². The predicted molar refractivity (Wildman–Crippen MR) is 139 cm³/mol. The Bertz CT molecular complexity index is 1360. The normalized spacial score (nSPS) is 14.9. The Kier molecular flexibility index (Phi) is 7.37. The lowest BCUT2D eigenvalue weighted by Crippen LogP contribution is -2.49. The molecule has 1 aliphatic rings. The standard InChI is InChI=1S/C26H32N4O5S/c1-17-6-7-23(30-13-19(14-30)16-35-36(5,32)33)11-25(17)26(31)28-18(2)20-8-21(10-24(9-20)34-4)22-12-27-29(3)15-22/h6-12,15,18-19H,13-14,16H2,1-5H3,(H,28,31)/t18-/m1/s1. The summed E-state index contributed by atoms with van der Waals surface area (Å²) in [5, 5.41) is 7.36. The van der Waals surface area contributed by atoms with Gasteiger partial charge in [0.05, 0.1) is 32.2 Å². The van der Waals surface area contributed by atoms with Crippen LogP contribution in [0.1, 0.15) is 34.5 Å². The highest BCUT2D eigenvalue weighted by Crippen LogP contribution is 2.30. The number of methoxy groups -OCH3 is 1. The monoisotopic (exact) mass is 512 g/mol. The fourth-order valence-electron chi connectivity index (χ4n) is 4.24. The van der Waals surface area contributed by atoms with Gasteiger partial charge in [0, 0.05) is 49.1 Å². The zero-order valence-corrected chi connectivity index (χ0v) is 22.0. The maximum atomic E-state index is 13.3. The molecule has 0 bridgehead atoms. The van der Waals surface area contributed by atoms with Gasteiger partial charge in [0.2, 0.25) is 0 Å². The zero-order chi connectivity index (χ0) is 26.0. The smallest absolute Gasteiger partial charge is 0.264 e. The maximum Gasteiger partial charge on any atom is 0.264 e. The Hall–Kier alpha value is -3.37. The first-order valence-corrected chi connectivity index (χ1v) is 13.5. The van der Waals surface area contributed by atoms with Gasteiger partial charge in [-0.1, -0.05) is 6.07 Å².